The number of rotatable bonds is 9. The van der Waals surface area contributed by atoms with Crippen LogP contribution in [0.1, 0.15) is 18.2 Å². The molecule has 2 amide bonds. The second-order valence-electron chi connectivity index (χ2n) is 6.72. The maximum atomic E-state index is 12.9. The quantitative estimate of drug-likeness (QED) is 0.560. The van der Waals surface area contributed by atoms with Gasteiger partial charge in [-0.2, -0.15) is 0 Å². The van der Waals surface area contributed by atoms with Crippen molar-refractivity contribution >= 4 is 23.4 Å². The summed E-state index contributed by atoms with van der Waals surface area (Å²) in [6.07, 6.45) is 1.54. The second kappa shape index (κ2) is 10.5. The molecule has 0 fully saturated rings. The molecule has 0 radical (unpaired) electrons. The Balaban J connectivity index is 1.68. The first-order valence-electron chi connectivity index (χ1n) is 9.55. The lowest BCUT2D eigenvalue weighted by Crippen LogP contribution is -2.48. The Morgan fingerprint density at radius 2 is 1.80 bits per heavy atom. The number of halogens is 1. The van der Waals surface area contributed by atoms with Gasteiger partial charge in [-0.15, -0.1) is 0 Å². The van der Waals surface area contributed by atoms with E-state index in [2.05, 4.69) is 5.32 Å². The van der Waals surface area contributed by atoms with Crippen LogP contribution < -0.4 is 10.1 Å². The van der Waals surface area contributed by atoms with Crippen molar-refractivity contribution in [2.75, 3.05) is 6.61 Å². The molecule has 0 aliphatic carbocycles. The van der Waals surface area contributed by atoms with Crippen LogP contribution in [0.2, 0.25) is 5.02 Å². The highest BCUT2D eigenvalue weighted by Gasteiger charge is 2.26. The Labute approximate surface area is 180 Å². The molecular formula is C23H23ClN2O4. The number of carbonyl (C=O) groups excluding carboxylic acids is 2. The van der Waals surface area contributed by atoms with Gasteiger partial charge in [0.15, 0.2) is 6.61 Å². The van der Waals surface area contributed by atoms with Crippen molar-refractivity contribution < 1.29 is 18.7 Å². The Kier molecular flexibility index (Phi) is 7.51. The van der Waals surface area contributed by atoms with E-state index in [0.717, 1.165) is 5.56 Å². The van der Waals surface area contributed by atoms with E-state index in [1.807, 2.05) is 30.3 Å². The van der Waals surface area contributed by atoms with Gasteiger partial charge >= 0.3 is 0 Å². The third-order valence-electron chi connectivity index (χ3n) is 4.56. The molecular weight excluding hydrogens is 404 g/mol. The number of nitrogens with one attached hydrogen (secondary N) is 1. The van der Waals surface area contributed by atoms with E-state index < -0.39 is 6.04 Å². The fraction of sp³-hybridized carbons (Fsp3) is 0.217. The van der Waals surface area contributed by atoms with E-state index >= 15 is 0 Å². The van der Waals surface area contributed by atoms with E-state index in [1.165, 1.54) is 4.90 Å². The lowest BCUT2D eigenvalue weighted by atomic mass is 10.1. The summed E-state index contributed by atoms with van der Waals surface area (Å²) in [7, 11) is 0. The minimum Gasteiger partial charge on any atom is -0.484 e. The van der Waals surface area contributed by atoms with Crippen LogP contribution in [0.25, 0.3) is 0 Å². The van der Waals surface area contributed by atoms with Gasteiger partial charge in [0.1, 0.15) is 17.6 Å². The van der Waals surface area contributed by atoms with Crippen molar-refractivity contribution in [3.8, 4) is 5.75 Å². The summed E-state index contributed by atoms with van der Waals surface area (Å²) in [6.45, 7) is 2.02. The molecule has 6 nitrogen and oxygen atoms in total. The van der Waals surface area contributed by atoms with Crippen LogP contribution in [0.3, 0.4) is 0 Å². The number of nitrogens with zero attached hydrogens (tertiary/aromatic N) is 1. The molecule has 0 saturated carbocycles. The maximum absolute atomic E-state index is 12.9. The van der Waals surface area contributed by atoms with Gasteiger partial charge in [-0.05, 0) is 48.9 Å². The molecule has 156 valence electrons. The van der Waals surface area contributed by atoms with E-state index in [4.69, 9.17) is 20.8 Å². The Morgan fingerprint density at radius 1 is 1.07 bits per heavy atom. The van der Waals surface area contributed by atoms with Gasteiger partial charge in [0.05, 0.1) is 12.8 Å². The Morgan fingerprint density at radius 3 is 2.47 bits per heavy atom. The molecule has 1 aromatic heterocycles. The zero-order valence-electron chi connectivity index (χ0n) is 16.6. The number of amides is 2. The maximum Gasteiger partial charge on any atom is 0.261 e. The fourth-order valence-corrected chi connectivity index (χ4v) is 2.97. The SMILES string of the molecule is C[C@@H](C(=O)NCc1ccco1)N(Cc1ccc(Cl)cc1)C(=O)COc1ccccc1. The third kappa shape index (κ3) is 6.12. The predicted molar refractivity (Wildman–Crippen MR) is 114 cm³/mol. The minimum atomic E-state index is -0.706. The van der Waals surface area contributed by atoms with Crippen molar-refractivity contribution in [2.45, 2.75) is 26.1 Å². The standard InChI is InChI=1S/C23H23ClN2O4/c1-17(23(28)25-14-21-8-5-13-29-21)26(15-18-9-11-19(24)12-10-18)22(27)16-30-20-6-3-2-4-7-20/h2-13,17H,14-16H2,1H3,(H,25,28)/t17-/m0/s1. The Hall–Kier alpha value is -3.25. The number of carbonyl (C=O) groups is 2. The number of furan rings is 1. The molecule has 1 atom stereocenters. The molecule has 0 spiro atoms. The summed E-state index contributed by atoms with van der Waals surface area (Å²) in [5.41, 5.74) is 0.859. The van der Waals surface area contributed by atoms with Crippen LogP contribution in [0, 0.1) is 0 Å². The molecule has 0 unspecified atom stereocenters. The first-order chi connectivity index (χ1) is 14.5. The molecule has 30 heavy (non-hydrogen) atoms. The first-order valence-corrected chi connectivity index (χ1v) is 9.92. The molecule has 1 heterocycles. The van der Waals surface area contributed by atoms with Gasteiger partial charge < -0.3 is 19.4 Å². The number of ether oxygens (including phenoxy) is 1. The molecule has 7 heteroatoms. The molecule has 3 rings (SSSR count). The topological polar surface area (TPSA) is 71.8 Å². The summed E-state index contributed by atoms with van der Waals surface area (Å²) in [5.74, 6) is 0.647. The molecule has 0 bridgehead atoms. The van der Waals surface area contributed by atoms with Crippen molar-refractivity contribution in [1.29, 1.82) is 0 Å². The zero-order chi connectivity index (χ0) is 21.3. The molecule has 0 saturated heterocycles. The van der Waals surface area contributed by atoms with Crippen molar-refractivity contribution in [3.05, 3.63) is 89.3 Å². The average Bonchev–Trinajstić information content (AvgIpc) is 3.29. The molecule has 3 aromatic rings. The zero-order valence-corrected chi connectivity index (χ0v) is 17.3. The van der Waals surface area contributed by atoms with Crippen LogP contribution in [-0.2, 0) is 22.7 Å². The van der Waals surface area contributed by atoms with Crippen molar-refractivity contribution in [2.24, 2.45) is 0 Å². The molecule has 2 aromatic carbocycles. The van der Waals surface area contributed by atoms with Crippen LogP contribution in [0.5, 0.6) is 5.75 Å². The third-order valence-corrected chi connectivity index (χ3v) is 4.81. The van der Waals surface area contributed by atoms with E-state index in [-0.39, 0.29) is 31.5 Å². The summed E-state index contributed by atoms with van der Waals surface area (Å²) in [6, 6.07) is 19.1. The van der Waals surface area contributed by atoms with Crippen LogP contribution in [0.4, 0.5) is 0 Å². The Bertz CT molecular complexity index is 943. The number of hydrogen-bond acceptors (Lipinski definition) is 4. The number of para-hydroxylation sites is 1. The van der Waals surface area contributed by atoms with Crippen LogP contribution in [-0.4, -0.2) is 29.4 Å². The predicted octanol–water partition coefficient (Wildman–Crippen LogP) is 4.05. The van der Waals surface area contributed by atoms with E-state index in [1.54, 1.807) is 49.6 Å². The van der Waals surface area contributed by atoms with Crippen LogP contribution >= 0.6 is 11.6 Å². The van der Waals surface area contributed by atoms with Gasteiger partial charge in [-0.3, -0.25) is 9.59 Å². The van der Waals surface area contributed by atoms with E-state index in [9.17, 15) is 9.59 Å². The number of hydrogen-bond donors (Lipinski definition) is 1. The molecule has 1 N–H and O–H groups in total. The van der Waals surface area contributed by atoms with Crippen molar-refractivity contribution in [3.63, 3.8) is 0 Å². The average molecular weight is 427 g/mol. The fourth-order valence-electron chi connectivity index (χ4n) is 2.85. The minimum absolute atomic E-state index is 0.173. The monoisotopic (exact) mass is 426 g/mol. The van der Waals surface area contributed by atoms with Gasteiger partial charge in [0.25, 0.3) is 5.91 Å². The van der Waals surface area contributed by atoms with Gasteiger partial charge in [-0.25, -0.2) is 0 Å². The smallest absolute Gasteiger partial charge is 0.261 e. The summed E-state index contributed by atoms with van der Waals surface area (Å²) in [4.78, 5) is 27.1. The number of benzene rings is 2. The summed E-state index contributed by atoms with van der Waals surface area (Å²) in [5, 5.41) is 3.41. The normalized spacial score (nSPS) is 11.5. The largest absolute Gasteiger partial charge is 0.484 e. The highest BCUT2D eigenvalue weighted by molar-refractivity contribution is 6.30. The van der Waals surface area contributed by atoms with Crippen LogP contribution in [0.15, 0.2) is 77.4 Å². The van der Waals surface area contributed by atoms with Crippen molar-refractivity contribution in [1.82, 2.24) is 10.2 Å². The summed E-state index contributed by atoms with van der Waals surface area (Å²) < 4.78 is 10.8. The highest BCUT2D eigenvalue weighted by atomic mass is 35.5. The first kappa shape index (κ1) is 21.5. The van der Waals surface area contributed by atoms with Gasteiger partial charge in [0.2, 0.25) is 5.91 Å². The van der Waals surface area contributed by atoms with Gasteiger partial charge in [0, 0.05) is 11.6 Å². The summed E-state index contributed by atoms with van der Waals surface area (Å²) >= 11 is 5.96. The lowest BCUT2D eigenvalue weighted by molar-refractivity contribution is -0.142. The lowest BCUT2D eigenvalue weighted by Gasteiger charge is -2.28. The molecule has 0 aliphatic rings. The molecule has 0 aliphatic heterocycles. The van der Waals surface area contributed by atoms with E-state index in [0.29, 0.717) is 16.5 Å². The van der Waals surface area contributed by atoms with Gasteiger partial charge in [-0.1, -0.05) is 41.9 Å². The highest BCUT2D eigenvalue weighted by Crippen LogP contribution is 2.15. The second-order valence-corrected chi connectivity index (χ2v) is 7.16.